The summed E-state index contributed by atoms with van der Waals surface area (Å²) in [7, 11) is 0. The van der Waals surface area contributed by atoms with Gasteiger partial charge in [-0.25, -0.2) is 4.39 Å². The predicted molar refractivity (Wildman–Crippen MR) is 59.2 cm³/mol. The van der Waals surface area contributed by atoms with Crippen molar-refractivity contribution in [2.45, 2.75) is 19.8 Å². The van der Waals surface area contributed by atoms with Gasteiger partial charge in [0.05, 0.1) is 0 Å². The molecule has 0 aliphatic heterocycles. The van der Waals surface area contributed by atoms with Crippen molar-refractivity contribution in [1.29, 1.82) is 0 Å². The first-order valence-corrected chi connectivity index (χ1v) is 4.80. The number of nitrogens with one attached hydrogen (secondary N) is 1. The Kier molecular flexibility index (Phi) is 4.03. The van der Waals surface area contributed by atoms with Gasteiger partial charge in [0.25, 0.3) is 0 Å². The van der Waals surface area contributed by atoms with Crippen molar-refractivity contribution >= 4 is 11.6 Å². The van der Waals surface area contributed by atoms with Crippen molar-refractivity contribution in [2.24, 2.45) is 0 Å². The number of benzene rings is 1. The van der Waals surface area contributed by atoms with Crippen molar-refractivity contribution in [2.75, 3.05) is 5.32 Å². The fourth-order valence-corrected chi connectivity index (χ4v) is 1.17. The number of carbonyl (C=O) groups is 1. The number of halogens is 1. The second-order valence-corrected chi connectivity index (χ2v) is 3.33. The fraction of sp³-hybridized carbons (Fsp3) is 0.250. The van der Waals surface area contributed by atoms with Gasteiger partial charge in [-0.1, -0.05) is 12.1 Å². The normalized spacial score (nSPS) is 9.73. The smallest absolute Gasteiger partial charge is 0.224 e. The molecule has 1 rings (SSSR count). The molecule has 0 bridgehead atoms. The number of hydrogen-bond acceptors (Lipinski definition) is 1. The van der Waals surface area contributed by atoms with Crippen LogP contribution in [0, 0.1) is 12.7 Å². The van der Waals surface area contributed by atoms with Gasteiger partial charge >= 0.3 is 0 Å². The van der Waals surface area contributed by atoms with Gasteiger partial charge < -0.3 is 5.32 Å². The van der Waals surface area contributed by atoms with Crippen molar-refractivity contribution < 1.29 is 9.18 Å². The summed E-state index contributed by atoms with van der Waals surface area (Å²) in [6, 6.07) is 4.33. The Bertz CT molecular complexity index is 374. The van der Waals surface area contributed by atoms with Crippen molar-refractivity contribution in [3.63, 3.8) is 0 Å². The molecule has 0 aliphatic carbocycles. The first kappa shape index (κ1) is 11.4. The molecule has 0 saturated heterocycles. The van der Waals surface area contributed by atoms with E-state index in [0.29, 0.717) is 18.5 Å². The average Bonchev–Trinajstić information content (AvgIpc) is 2.20. The monoisotopic (exact) mass is 207 g/mol. The lowest BCUT2D eigenvalue weighted by atomic mass is 10.2. The highest BCUT2D eigenvalue weighted by molar-refractivity contribution is 5.91. The van der Waals surface area contributed by atoms with Crippen LogP contribution in [0.15, 0.2) is 30.9 Å². The summed E-state index contributed by atoms with van der Waals surface area (Å²) in [4.78, 5) is 11.4. The van der Waals surface area contributed by atoms with Crippen LogP contribution in [-0.4, -0.2) is 5.91 Å². The number of carbonyl (C=O) groups excluding carboxylic acids is 1. The first-order chi connectivity index (χ1) is 7.13. The van der Waals surface area contributed by atoms with E-state index in [1.54, 1.807) is 12.1 Å². The van der Waals surface area contributed by atoms with Crippen LogP contribution in [0.5, 0.6) is 0 Å². The number of rotatable bonds is 4. The quantitative estimate of drug-likeness (QED) is 0.755. The Morgan fingerprint density at radius 2 is 2.33 bits per heavy atom. The van der Waals surface area contributed by atoms with Crippen LogP contribution in [0.2, 0.25) is 0 Å². The van der Waals surface area contributed by atoms with Gasteiger partial charge in [-0.2, -0.15) is 0 Å². The highest BCUT2D eigenvalue weighted by Crippen LogP contribution is 2.16. The van der Waals surface area contributed by atoms with Crippen LogP contribution in [-0.2, 0) is 4.79 Å². The van der Waals surface area contributed by atoms with E-state index in [1.165, 1.54) is 12.1 Å². The Balaban J connectivity index is 2.67. The molecule has 80 valence electrons. The summed E-state index contributed by atoms with van der Waals surface area (Å²) in [5, 5.41) is 2.66. The number of amides is 1. The van der Waals surface area contributed by atoms with Gasteiger partial charge in [0, 0.05) is 12.1 Å². The van der Waals surface area contributed by atoms with Crippen LogP contribution in [0.3, 0.4) is 0 Å². The number of allylic oxidation sites excluding steroid dienone is 1. The lowest BCUT2D eigenvalue weighted by Gasteiger charge is -2.07. The number of anilines is 1. The highest BCUT2D eigenvalue weighted by atomic mass is 19.1. The number of aryl methyl sites for hydroxylation is 1. The molecule has 0 fully saturated rings. The fourth-order valence-electron chi connectivity index (χ4n) is 1.17. The Hall–Kier alpha value is -1.64. The summed E-state index contributed by atoms with van der Waals surface area (Å²) in [6.45, 7) is 5.35. The van der Waals surface area contributed by atoms with E-state index in [2.05, 4.69) is 11.9 Å². The third-order valence-electron chi connectivity index (χ3n) is 2.05. The van der Waals surface area contributed by atoms with E-state index >= 15 is 0 Å². The molecule has 2 nitrogen and oxygen atoms in total. The van der Waals surface area contributed by atoms with Gasteiger partial charge in [-0.3, -0.25) is 4.79 Å². The van der Waals surface area contributed by atoms with Crippen molar-refractivity contribution in [3.05, 3.63) is 42.2 Å². The second kappa shape index (κ2) is 5.29. The van der Waals surface area contributed by atoms with Crippen LogP contribution in [0.4, 0.5) is 10.1 Å². The molecule has 3 heteroatoms. The second-order valence-electron chi connectivity index (χ2n) is 3.33. The van der Waals surface area contributed by atoms with E-state index in [0.717, 1.165) is 5.56 Å². The molecule has 1 amide bonds. The summed E-state index contributed by atoms with van der Waals surface area (Å²) < 4.78 is 12.9. The molecule has 0 saturated carbocycles. The zero-order chi connectivity index (χ0) is 11.3. The van der Waals surface area contributed by atoms with Gasteiger partial charge in [0.15, 0.2) is 0 Å². The van der Waals surface area contributed by atoms with Gasteiger partial charge in [0.1, 0.15) is 5.82 Å². The maximum absolute atomic E-state index is 12.9. The molecule has 0 unspecified atom stereocenters. The molecule has 0 radical (unpaired) electrons. The van der Waals surface area contributed by atoms with E-state index in [4.69, 9.17) is 0 Å². The summed E-state index contributed by atoms with van der Waals surface area (Å²) in [6.07, 6.45) is 2.68. The third-order valence-corrected chi connectivity index (χ3v) is 2.05. The van der Waals surface area contributed by atoms with Gasteiger partial charge in [0.2, 0.25) is 5.91 Å². The SMILES string of the molecule is C=CCCC(=O)Nc1cc(F)ccc1C. The molecule has 15 heavy (non-hydrogen) atoms. The van der Waals surface area contributed by atoms with Crippen LogP contribution >= 0.6 is 0 Å². The molecule has 0 aliphatic rings. The van der Waals surface area contributed by atoms with E-state index in [1.807, 2.05) is 6.92 Å². The minimum Gasteiger partial charge on any atom is -0.326 e. The maximum atomic E-state index is 12.9. The summed E-state index contributed by atoms with van der Waals surface area (Å²) >= 11 is 0. The Morgan fingerprint density at radius 1 is 1.60 bits per heavy atom. The molecule has 0 heterocycles. The summed E-state index contributed by atoms with van der Waals surface area (Å²) in [5.74, 6) is -0.469. The first-order valence-electron chi connectivity index (χ1n) is 4.80. The molecule has 0 aromatic heterocycles. The largest absolute Gasteiger partial charge is 0.326 e. The van der Waals surface area contributed by atoms with Crippen molar-refractivity contribution in [3.8, 4) is 0 Å². The van der Waals surface area contributed by atoms with Crippen LogP contribution < -0.4 is 5.32 Å². The van der Waals surface area contributed by atoms with E-state index < -0.39 is 0 Å². The Labute approximate surface area is 88.8 Å². The minimum atomic E-state index is -0.348. The Morgan fingerprint density at radius 3 is 3.00 bits per heavy atom. The maximum Gasteiger partial charge on any atom is 0.224 e. The minimum absolute atomic E-state index is 0.122. The van der Waals surface area contributed by atoms with Crippen molar-refractivity contribution in [1.82, 2.24) is 0 Å². The lowest BCUT2D eigenvalue weighted by Crippen LogP contribution is -2.11. The third kappa shape index (κ3) is 3.54. The topological polar surface area (TPSA) is 29.1 Å². The van der Waals surface area contributed by atoms with Crippen LogP contribution in [0.1, 0.15) is 18.4 Å². The number of hydrogen-bond donors (Lipinski definition) is 1. The molecule has 0 atom stereocenters. The molecule has 0 spiro atoms. The zero-order valence-corrected chi connectivity index (χ0v) is 8.72. The molecular weight excluding hydrogens is 193 g/mol. The van der Waals surface area contributed by atoms with E-state index in [9.17, 15) is 9.18 Å². The van der Waals surface area contributed by atoms with Crippen LogP contribution in [0.25, 0.3) is 0 Å². The van der Waals surface area contributed by atoms with E-state index in [-0.39, 0.29) is 11.7 Å². The zero-order valence-electron chi connectivity index (χ0n) is 8.72. The molecule has 1 aromatic carbocycles. The molecule has 1 aromatic rings. The molecular formula is C12H14FNO. The standard InChI is InChI=1S/C12H14FNO/c1-3-4-5-12(15)14-11-8-10(13)7-6-9(11)2/h3,6-8H,1,4-5H2,2H3,(H,14,15). The van der Waals surface area contributed by atoms with Gasteiger partial charge in [-0.05, 0) is 31.0 Å². The highest BCUT2D eigenvalue weighted by Gasteiger charge is 2.04. The lowest BCUT2D eigenvalue weighted by molar-refractivity contribution is -0.116. The van der Waals surface area contributed by atoms with Gasteiger partial charge in [-0.15, -0.1) is 6.58 Å². The molecule has 1 N–H and O–H groups in total. The predicted octanol–water partition coefficient (Wildman–Crippen LogP) is 3.04. The average molecular weight is 207 g/mol. The summed E-state index contributed by atoms with van der Waals surface area (Å²) in [5.41, 5.74) is 1.38.